The molecule has 3 aromatic rings. The molecule has 2 aliphatic heterocycles. The lowest BCUT2D eigenvalue weighted by atomic mass is 9.90. The lowest BCUT2D eigenvalue weighted by molar-refractivity contribution is -0.372. The van der Waals surface area contributed by atoms with Crippen LogP contribution in [0.3, 0.4) is 0 Å². The minimum atomic E-state index is -3.18. The highest BCUT2D eigenvalue weighted by atomic mass is 35.5. The van der Waals surface area contributed by atoms with Crippen molar-refractivity contribution in [3.63, 3.8) is 0 Å². The molecule has 2 fully saturated rings. The molecule has 35 heavy (non-hydrogen) atoms. The molecule has 186 valence electrons. The molecule has 0 spiro atoms. The van der Waals surface area contributed by atoms with Crippen LogP contribution in [0.1, 0.15) is 24.8 Å². The molecule has 0 radical (unpaired) electrons. The van der Waals surface area contributed by atoms with E-state index < -0.39 is 53.5 Å². The Morgan fingerprint density at radius 3 is 2.66 bits per heavy atom. The molecule has 2 unspecified atom stereocenters. The molecule has 0 saturated carbocycles. The minimum absolute atomic E-state index is 0.0266. The van der Waals surface area contributed by atoms with Gasteiger partial charge in [-0.1, -0.05) is 41.9 Å². The number of halogens is 3. The van der Waals surface area contributed by atoms with Crippen molar-refractivity contribution in [1.82, 2.24) is 19.9 Å². The molecule has 2 saturated heterocycles. The highest BCUT2D eigenvalue weighted by Crippen LogP contribution is 2.51. The highest BCUT2D eigenvalue weighted by molar-refractivity contribution is 6.30. The maximum Gasteiger partial charge on any atom is 0.344 e. The van der Waals surface area contributed by atoms with E-state index in [9.17, 15) is 29.2 Å². The molecule has 2 aliphatic rings. The third-order valence-corrected chi connectivity index (χ3v) is 6.67. The molecule has 1 aromatic carbocycles. The lowest BCUT2D eigenvalue weighted by Gasteiger charge is -2.42. The van der Waals surface area contributed by atoms with Gasteiger partial charge in [0, 0.05) is 25.6 Å². The van der Waals surface area contributed by atoms with Crippen LogP contribution in [-0.2, 0) is 6.61 Å². The van der Waals surface area contributed by atoms with Crippen molar-refractivity contribution in [1.29, 1.82) is 0 Å². The van der Waals surface area contributed by atoms with Crippen LogP contribution in [0.5, 0.6) is 11.9 Å². The van der Waals surface area contributed by atoms with E-state index in [-0.39, 0.29) is 36.2 Å². The monoisotopic (exact) mass is 510 g/mol. The number of nitrogens with zero attached hydrogens (tertiary/aromatic N) is 4. The zero-order valence-corrected chi connectivity index (χ0v) is 18.9. The van der Waals surface area contributed by atoms with Gasteiger partial charge in [-0.2, -0.15) is 9.97 Å². The van der Waals surface area contributed by atoms with E-state index in [1.54, 1.807) is 24.3 Å². The van der Waals surface area contributed by atoms with Gasteiger partial charge >= 0.3 is 12.0 Å². The van der Waals surface area contributed by atoms with Crippen LogP contribution in [0, 0.1) is 5.82 Å². The molecule has 4 heterocycles. The quantitative estimate of drug-likeness (QED) is 0.285. The van der Waals surface area contributed by atoms with Crippen LogP contribution >= 0.6 is 11.6 Å². The number of aliphatic hydroxyl groups is 4. The summed E-state index contributed by atoms with van der Waals surface area (Å²) in [5.41, 5.74) is -1.51. The van der Waals surface area contributed by atoms with Crippen LogP contribution < -0.4 is 9.47 Å². The number of benzene rings is 1. The van der Waals surface area contributed by atoms with Crippen molar-refractivity contribution in [2.75, 3.05) is 6.54 Å². The third-order valence-electron chi connectivity index (χ3n) is 6.41. The van der Waals surface area contributed by atoms with E-state index in [4.69, 9.17) is 21.1 Å². The zero-order valence-electron chi connectivity index (χ0n) is 18.1. The van der Waals surface area contributed by atoms with Gasteiger partial charge in [0.25, 0.3) is 0 Å². The van der Waals surface area contributed by atoms with Gasteiger partial charge < -0.3 is 29.9 Å². The summed E-state index contributed by atoms with van der Waals surface area (Å²) in [6.07, 6.45) is -1.35. The van der Waals surface area contributed by atoms with Crippen molar-refractivity contribution in [2.45, 2.75) is 49.5 Å². The largest absolute Gasteiger partial charge is 0.472 e. The second-order valence-corrected chi connectivity index (χ2v) is 9.00. The normalized spacial score (nSPS) is 24.0. The summed E-state index contributed by atoms with van der Waals surface area (Å²) in [6, 6.07) is 8.29. The first-order valence-corrected chi connectivity index (χ1v) is 11.1. The minimum Gasteiger partial charge on any atom is -0.472 e. The number of hydrogen-bond acceptors (Lipinski definition) is 10. The second kappa shape index (κ2) is 8.43. The molecule has 10 nitrogen and oxygen atoms in total. The molecule has 13 heteroatoms. The Hall–Kier alpha value is -2.74. The van der Waals surface area contributed by atoms with Gasteiger partial charge in [-0.05, 0) is 12.0 Å². The molecule has 0 bridgehead atoms. The van der Waals surface area contributed by atoms with E-state index in [1.807, 2.05) is 6.07 Å². The average molecular weight is 511 g/mol. The van der Waals surface area contributed by atoms with Gasteiger partial charge in [-0.25, -0.2) is 18.7 Å². The number of alkyl halides is 1. The van der Waals surface area contributed by atoms with Crippen molar-refractivity contribution in [3.8, 4) is 11.9 Å². The summed E-state index contributed by atoms with van der Waals surface area (Å²) in [7, 11) is 0. The van der Waals surface area contributed by atoms with E-state index in [0.29, 0.717) is 0 Å². The Balaban J connectivity index is 1.53. The fourth-order valence-corrected chi connectivity index (χ4v) is 4.85. The highest BCUT2D eigenvalue weighted by Gasteiger charge is 2.69. The van der Waals surface area contributed by atoms with Crippen molar-refractivity contribution in [2.24, 2.45) is 0 Å². The summed E-state index contributed by atoms with van der Waals surface area (Å²) in [5, 5.41) is 41.9. The zero-order chi connectivity index (χ0) is 25.0. The number of aromatic nitrogens is 3. The molecule has 4 N–H and O–H groups in total. The van der Waals surface area contributed by atoms with Gasteiger partial charge in [0.2, 0.25) is 11.8 Å². The first-order valence-electron chi connectivity index (χ1n) is 10.7. The van der Waals surface area contributed by atoms with E-state index in [1.165, 1.54) is 6.20 Å². The van der Waals surface area contributed by atoms with E-state index in [0.717, 1.165) is 10.5 Å². The maximum atomic E-state index is 14.8. The van der Waals surface area contributed by atoms with E-state index >= 15 is 0 Å². The molecule has 5 rings (SSSR count). The van der Waals surface area contributed by atoms with Gasteiger partial charge in [-0.3, -0.25) is 0 Å². The summed E-state index contributed by atoms with van der Waals surface area (Å²) in [6.45, 7) is -0.433. The number of ether oxygens (including phenoxy) is 2. The molecule has 0 aliphatic carbocycles. The van der Waals surface area contributed by atoms with Crippen molar-refractivity contribution in [3.05, 3.63) is 53.1 Å². The number of hydrogen-bond donors (Lipinski definition) is 4. The Morgan fingerprint density at radius 2 is 1.91 bits per heavy atom. The van der Waals surface area contributed by atoms with Gasteiger partial charge in [0.1, 0.15) is 23.8 Å². The molecular formula is C22H21ClF2N4O6. The number of rotatable bonds is 6. The first kappa shape index (κ1) is 24.0. The number of fused-ring (bicyclic) bond motifs is 2. The van der Waals surface area contributed by atoms with E-state index in [2.05, 4.69) is 15.0 Å². The van der Waals surface area contributed by atoms with Crippen LogP contribution in [0.25, 0.3) is 10.9 Å². The first-order chi connectivity index (χ1) is 16.5. The topological polar surface area (TPSA) is 141 Å². The summed E-state index contributed by atoms with van der Waals surface area (Å²) in [4.78, 5) is 12.5. The average Bonchev–Trinajstić information content (AvgIpc) is 3.30. The Labute approximate surface area is 202 Å². The van der Waals surface area contributed by atoms with Crippen LogP contribution in [0.15, 0.2) is 36.5 Å². The Bertz CT molecular complexity index is 1270. The van der Waals surface area contributed by atoms with Crippen LogP contribution in [0.2, 0.25) is 5.15 Å². The standard InChI is InChI=1S/C22H21ClF2N4O6/c23-17-15(25)16-14(9-26-17)18(34-11-12-4-2-1-3-5-12)28-19(27-16)35-22(32,33)20-6-7-21(30,31)29(20)10-13(24)8-20/h1-5,9,13,30-33H,6-8,10-11H2. The second-order valence-electron chi connectivity index (χ2n) is 8.64. The predicted molar refractivity (Wildman–Crippen MR) is 116 cm³/mol. The van der Waals surface area contributed by atoms with Crippen molar-refractivity contribution < 1.29 is 38.7 Å². The molecular weight excluding hydrogens is 490 g/mol. The summed E-state index contributed by atoms with van der Waals surface area (Å²) >= 11 is 5.79. The van der Waals surface area contributed by atoms with Gasteiger partial charge in [0.15, 0.2) is 11.0 Å². The molecule has 2 aromatic heterocycles. The predicted octanol–water partition coefficient (Wildman–Crippen LogP) is 1.63. The fraction of sp³-hybridized carbons (Fsp3) is 0.409. The Morgan fingerprint density at radius 1 is 1.17 bits per heavy atom. The molecule has 0 amide bonds. The SMILES string of the molecule is OC1(O)CCC2(C(O)(O)Oc3nc(OCc4ccccc4)c4cnc(Cl)c(F)c4n3)CC(F)CN12. The Kier molecular flexibility index (Phi) is 5.78. The lowest BCUT2D eigenvalue weighted by Crippen LogP contribution is -2.65. The van der Waals surface area contributed by atoms with Gasteiger partial charge in [0.05, 0.1) is 5.39 Å². The van der Waals surface area contributed by atoms with Crippen molar-refractivity contribution >= 4 is 22.5 Å². The van der Waals surface area contributed by atoms with Crippen LogP contribution in [-0.4, -0.2) is 70.4 Å². The maximum absolute atomic E-state index is 14.8. The van der Waals surface area contributed by atoms with Crippen LogP contribution in [0.4, 0.5) is 8.78 Å². The number of pyridine rings is 1. The third kappa shape index (κ3) is 4.05. The fourth-order valence-electron chi connectivity index (χ4n) is 4.71. The van der Waals surface area contributed by atoms with Gasteiger partial charge in [-0.15, -0.1) is 0 Å². The molecule has 2 atom stereocenters. The summed E-state index contributed by atoms with van der Waals surface area (Å²) in [5.74, 6) is -6.85. The smallest absolute Gasteiger partial charge is 0.344 e. The summed E-state index contributed by atoms with van der Waals surface area (Å²) < 4.78 is 40.0.